The van der Waals surface area contributed by atoms with Crippen LogP contribution in [-0.2, 0) is 12.7 Å². The molecular weight excluding hydrogens is 527 g/mol. The van der Waals surface area contributed by atoms with Crippen LogP contribution >= 0.6 is 0 Å². The molecule has 5 rings (SSSR count). The first-order valence-corrected chi connectivity index (χ1v) is 11.6. The molecule has 0 aliphatic carbocycles. The van der Waals surface area contributed by atoms with Crippen LogP contribution in [-0.4, -0.2) is 40.7 Å². The molecule has 3 N–H and O–H groups in total. The van der Waals surface area contributed by atoms with Gasteiger partial charge in [0, 0.05) is 25.0 Å². The van der Waals surface area contributed by atoms with E-state index in [1.807, 2.05) is 0 Å². The zero-order chi connectivity index (χ0) is 27.9. The van der Waals surface area contributed by atoms with Crippen LogP contribution in [0.1, 0.15) is 25.3 Å². The van der Waals surface area contributed by atoms with Crippen LogP contribution in [0.25, 0.3) is 33.3 Å². The molecule has 1 atom stereocenters. The summed E-state index contributed by atoms with van der Waals surface area (Å²) in [6.45, 7) is 1.79. The Hall–Kier alpha value is -4.69. The van der Waals surface area contributed by atoms with Gasteiger partial charge in [0.15, 0.2) is 11.6 Å². The SMILES string of the molecule is C[C@@H](CCCn1cnc2cc(-c3ncc4c(F)c[nH]c4n3)c(F)cc2c1=O)Nc1cn[nH]c(=O)c1C(F)(F)F. The number of H-pyrrole nitrogens is 2. The van der Waals surface area contributed by atoms with Crippen LogP contribution in [0.4, 0.5) is 27.6 Å². The number of nitrogens with zero attached hydrogens (tertiary/aromatic N) is 5. The molecule has 0 saturated heterocycles. The topological polar surface area (TPSA) is 134 Å². The summed E-state index contributed by atoms with van der Waals surface area (Å²) in [6.07, 6.45) is 0.348. The summed E-state index contributed by atoms with van der Waals surface area (Å²) in [5.41, 5.74) is -3.30. The Balaban J connectivity index is 1.31. The summed E-state index contributed by atoms with van der Waals surface area (Å²) in [5, 5.41) is 8.00. The number of rotatable bonds is 7. The molecule has 0 amide bonds. The molecule has 0 spiro atoms. The van der Waals surface area contributed by atoms with E-state index in [1.54, 1.807) is 12.0 Å². The van der Waals surface area contributed by atoms with Crippen molar-refractivity contribution in [2.75, 3.05) is 5.32 Å². The lowest BCUT2D eigenvalue weighted by Crippen LogP contribution is -2.27. The van der Waals surface area contributed by atoms with Crippen molar-refractivity contribution in [3.8, 4) is 11.4 Å². The molecular formula is C24H19F5N8O2. The maximum absolute atomic E-state index is 15.0. The minimum atomic E-state index is -4.86. The smallest absolute Gasteiger partial charge is 0.381 e. The Morgan fingerprint density at radius 2 is 1.87 bits per heavy atom. The van der Waals surface area contributed by atoms with Gasteiger partial charge in [-0.2, -0.15) is 18.3 Å². The molecule has 0 aliphatic heterocycles. The minimum absolute atomic E-state index is 0.0134. The van der Waals surface area contributed by atoms with Crippen molar-refractivity contribution in [3.63, 3.8) is 0 Å². The monoisotopic (exact) mass is 546 g/mol. The number of hydrogen-bond acceptors (Lipinski definition) is 7. The van der Waals surface area contributed by atoms with Gasteiger partial charge in [-0.05, 0) is 31.9 Å². The van der Waals surface area contributed by atoms with Crippen LogP contribution in [0.15, 0.2) is 46.6 Å². The van der Waals surface area contributed by atoms with Gasteiger partial charge in [-0.15, -0.1) is 0 Å². The van der Waals surface area contributed by atoms with Crippen LogP contribution < -0.4 is 16.4 Å². The van der Waals surface area contributed by atoms with Crippen molar-refractivity contribution >= 4 is 27.6 Å². The standard InChI is InChI=1S/C24H19F5N8O2/c1-11(34-18-9-33-36-22(38)19(18)24(27,28)29)3-2-4-37-10-32-17-6-12(15(25)5-13(17)23(37)39)20-30-7-14-16(26)8-31-21(14)35-20/h5-11H,2-4H2,1H3,(H,30,31,35)(H2,34,36,38)/t11-/m0/s1. The first-order chi connectivity index (χ1) is 18.5. The third kappa shape index (κ3) is 5.06. The lowest BCUT2D eigenvalue weighted by Gasteiger charge is -2.18. The lowest BCUT2D eigenvalue weighted by molar-refractivity contribution is -0.138. The van der Waals surface area contributed by atoms with Gasteiger partial charge in [0.25, 0.3) is 11.1 Å². The van der Waals surface area contributed by atoms with Gasteiger partial charge in [0.2, 0.25) is 0 Å². The maximum Gasteiger partial charge on any atom is 0.423 e. The predicted octanol–water partition coefficient (Wildman–Crippen LogP) is 4.00. The number of aromatic amines is 2. The molecule has 0 saturated carbocycles. The molecule has 10 nitrogen and oxygen atoms in total. The average Bonchev–Trinajstić information content (AvgIpc) is 3.24. The number of fused-ring (bicyclic) bond motifs is 2. The van der Waals surface area contributed by atoms with Gasteiger partial charge in [0.05, 0.1) is 40.1 Å². The second kappa shape index (κ2) is 9.89. The largest absolute Gasteiger partial charge is 0.423 e. The number of nitrogens with one attached hydrogen (secondary N) is 3. The van der Waals surface area contributed by atoms with Gasteiger partial charge >= 0.3 is 6.18 Å². The minimum Gasteiger partial charge on any atom is -0.381 e. The summed E-state index contributed by atoms with van der Waals surface area (Å²) in [7, 11) is 0. The highest BCUT2D eigenvalue weighted by Gasteiger charge is 2.37. The Morgan fingerprint density at radius 1 is 1.08 bits per heavy atom. The Labute approximate surface area is 215 Å². The Kier molecular flexibility index (Phi) is 6.57. The van der Waals surface area contributed by atoms with Crippen molar-refractivity contribution in [1.82, 2.24) is 34.7 Å². The highest BCUT2D eigenvalue weighted by Crippen LogP contribution is 2.32. The van der Waals surface area contributed by atoms with E-state index in [-0.39, 0.29) is 39.9 Å². The number of aryl methyl sites for hydroxylation is 1. The maximum atomic E-state index is 15.0. The highest BCUT2D eigenvalue weighted by atomic mass is 19.4. The van der Waals surface area contributed by atoms with Gasteiger partial charge < -0.3 is 10.3 Å². The fourth-order valence-corrected chi connectivity index (χ4v) is 4.21. The summed E-state index contributed by atoms with van der Waals surface area (Å²) in [5.74, 6) is -1.32. The number of halogens is 5. The Morgan fingerprint density at radius 3 is 2.64 bits per heavy atom. The fraction of sp³-hybridized carbons (Fsp3) is 0.250. The van der Waals surface area contributed by atoms with E-state index < -0.39 is 46.2 Å². The molecule has 4 heterocycles. The third-order valence-electron chi connectivity index (χ3n) is 6.11. The van der Waals surface area contributed by atoms with Gasteiger partial charge in [-0.25, -0.2) is 28.8 Å². The zero-order valence-corrected chi connectivity index (χ0v) is 20.1. The van der Waals surface area contributed by atoms with Crippen molar-refractivity contribution in [2.24, 2.45) is 0 Å². The second-order valence-electron chi connectivity index (χ2n) is 8.86. The third-order valence-corrected chi connectivity index (χ3v) is 6.11. The zero-order valence-electron chi connectivity index (χ0n) is 20.1. The number of aromatic nitrogens is 7. The molecule has 4 aromatic heterocycles. The van der Waals surface area contributed by atoms with E-state index in [9.17, 15) is 31.5 Å². The van der Waals surface area contributed by atoms with E-state index in [4.69, 9.17) is 0 Å². The molecule has 15 heteroatoms. The predicted molar refractivity (Wildman–Crippen MR) is 131 cm³/mol. The quantitative estimate of drug-likeness (QED) is 0.263. The van der Waals surface area contributed by atoms with E-state index in [1.165, 1.54) is 23.2 Å². The molecule has 5 aromatic rings. The van der Waals surface area contributed by atoms with E-state index in [2.05, 4.69) is 30.4 Å². The summed E-state index contributed by atoms with van der Waals surface area (Å²) >= 11 is 0. The van der Waals surface area contributed by atoms with E-state index in [0.29, 0.717) is 12.8 Å². The normalized spacial score (nSPS) is 12.8. The highest BCUT2D eigenvalue weighted by molar-refractivity contribution is 5.84. The first-order valence-electron chi connectivity index (χ1n) is 11.6. The summed E-state index contributed by atoms with van der Waals surface area (Å²) in [4.78, 5) is 39.6. The molecule has 0 bridgehead atoms. The van der Waals surface area contributed by atoms with E-state index >= 15 is 0 Å². The van der Waals surface area contributed by atoms with Crippen molar-refractivity contribution in [3.05, 3.63) is 75.0 Å². The second-order valence-corrected chi connectivity index (χ2v) is 8.86. The molecule has 1 aromatic carbocycles. The van der Waals surface area contributed by atoms with Crippen molar-refractivity contribution < 1.29 is 22.0 Å². The van der Waals surface area contributed by atoms with Gasteiger partial charge in [-0.3, -0.25) is 14.2 Å². The van der Waals surface area contributed by atoms with Crippen molar-refractivity contribution in [2.45, 2.75) is 38.5 Å². The summed E-state index contributed by atoms with van der Waals surface area (Å²) in [6, 6.07) is 1.86. The van der Waals surface area contributed by atoms with Crippen LogP contribution in [0, 0.1) is 11.6 Å². The van der Waals surface area contributed by atoms with Crippen LogP contribution in [0.2, 0.25) is 0 Å². The molecule has 39 heavy (non-hydrogen) atoms. The molecule has 0 unspecified atom stereocenters. The van der Waals surface area contributed by atoms with Crippen LogP contribution in [0.3, 0.4) is 0 Å². The fourth-order valence-electron chi connectivity index (χ4n) is 4.21. The van der Waals surface area contributed by atoms with Gasteiger partial charge in [-0.1, -0.05) is 0 Å². The molecule has 0 radical (unpaired) electrons. The number of benzene rings is 1. The van der Waals surface area contributed by atoms with Gasteiger partial charge in [0.1, 0.15) is 17.0 Å². The first kappa shape index (κ1) is 25.9. The van der Waals surface area contributed by atoms with E-state index in [0.717, 1.165) is 18.5 Å². The van der Waals surface area contributed by atoms with Crippen LogP contribution in [0.5, 0.6) is 0 Å². The average molecular weight is 546 g/mol. The Bertz CT molecular complexity index is 1810. The molecule has 202 valence electrons. The number of alkyl halides is 3. The molecule has 0 fully saturated rings. The number of anilines is 1. The number of hydrogen-bond donors (Lipinski definition) is 3. The van der Waals surface area contributed by atoms with Crippen molar-refractivity contribution in [1.29, 1.82) is 0 Å². The summed E-state index contributed by atoms with van der Waals surface area (Å²) < 4.78 is 69.6. The lowest BCUT2D eigenvalue weighted by atomic mass is 10.1. The molecule has 0 aliphatic rings.